The van der Waals surface area contributed by atoms with Crippen molar-refractivity contribution in [3.8, 4) is 11.4 Å². The number of rotatable bonds is 2. The van der Waals surface area contributed by atoms with Crippen molar-refractivity contribution in [2.75, 3.05) is 0 Å². The summed E-state index contributed by atoms with van der Waals surface area (Å²) in [6.07, 6.45) is 0. The van der Waals surface area contributed by atoms with Gasteiger partial charge in [0, 0.05) is 32.0 Å². The standard InChI is InChI=1S/C15H15NO3.BF4/c1-9-6-10(2)16(11(3)7-9)12-4-5-13(15(18)19)14(17)8-12;2-1(3,4)5/h4-8H,1-3H3,(H-,17,18,19);/q;-1/p+1. The molecule has 2 rings (SSSR count). The van der Waals surface area contributed by atoms with E-state index >= 15 is 0 Å². The number of pyridine rings is 1. The van der Waals surface area contributed by atoms with E-state index in [1.54, 1.807) is 6.07 Å². The molecule has 0 aliphatic carbocycles. The normalized spacial score (nSPS) is 10.8. The van der Waals surface area contributed by atoms with Gasteiger partial charge in [-0.1, -0.05) is 0 Å². The fourth-order valence-electron chi connectivity index (χ4n) is 2.36. The highest BCUT2D eigenvalue weighted by Crippen LogP contribution is 2.19. The van der Waals surface area contributed by atoms with Gasteiger partial charge in [-0.3, -0.25) is 0 Å². The van der Waals surface area contributed by atoms with Crippen LogP contribution in [0.3, 0.4) is 0 Å². The molecule has 0 unspecified atom stereocenters. The SMILES string of the molecule is Cc1cc(C)[n+](-c2ccc(C(=O)O)c(O)c2)c(C)c1.F[B-](F)(F)F. The Labute approximate surface area is 136 Å². The molecule has 0 radical (unpaired) electrons. The molecule has 0 amide bonds. The van der Waals surface area contributed by atoms with Crippen LogP contribution in [0.5, 0.6) is 5.75 Å². The lowest BCUT2D eigenvalue weighted by Crippen LogP contribution is -2.37. The second kappa shape index (κ2) is 7.33. The Balaban J connectivity index is 0.000000505. The summed E-state index contributed by atoms with van der Waals surface area (Å²) in [5.41, 5.74) is 3.88. The van der Waals surface area contributed by atoms with Gasteiger partial charge in [-0.15, -0.1) is 0 Å². The van der Waals surface area contributed by atoms with E-state index in [1.807, 2.05) is 37.5 Å². The highest BCUT2D eigenvalue weighted by Gasteiger charge is 2.20. The molecule has 0 spiro atoms. The van der Waals surface area contributed by atoms with Crippen LogP contribution in [0.2, 0.25) is 0 Å². The second-order valence-electron chi connectivity index (χ2n) is 5.15. The number of aromatic hydroxyl groups is 1. The predicted molar refractivity (Wildman–Crippen MR) is 81.0 cm³/mol. The van der Waals surface area contributed by atoms with Crippen molar-refractivity contribution in [1.29, 1.82) is 0 Å². The Kier molecular flexibility index (Phi) is 5.95. The van der Waals surface area contributed by atoms with E-state index in [9.17, 15) is 27.2 Å². The van der Waals surface area contributed by atoms with Crippen LogP contribution in [-0.4, -0.2) is 23.4 Å². The van der Waals surface area contributed by atoms with E-state index in [0.717, 1.165) is 22.6 Å². The number of carbonyl (C=O) groups is 1. The molecule has 4 nitrogen and oxygen atoms in total. The minimum atomic E-state index is -6.00. The van der Waals surface area contributed by atoms with Crippen LogP contribution in [-0.2, 0) is 0 Å². The highest BCUT2D eigenvalue weighted by molar-refractivity contribution is 6.50. The Morgan fingerprint density at radius 3 is 1.83 bits per heavy atom. The van der Waals surface area contributed by atoms with Crippen LogP contribution in [0, 0.1) is 20.8 Å². The largest absolute Gasteiger partial charge is 0.673 e. The summed E-state index contributed by atoms with van der Waals surface area (Å²) in [6.45, 7) is 5.97. The molecule has 24 heavy (non-hydrogen) atoms. The summed E-state index contributed by atoms with van der Waals surface area (Å²) in [5, 5.41) is 18.7. The number of nitrogens with zero attached hydrogens (tertiary/aromatic N) is 1. The average molecular weight is 345 g/mol. The van der Waals surface area contributed by atoms with Gasteiger partial charge in [0.1, 0.15) is 11.3 Å². The molecule has 0 atom stereocenters. The minimum absolute atomic E-state index is 0.0910. The third-order valence-corrected chi connectivity index (χ3v) is 3.05. The molecule has 1 heterocycles. The summed E-state index contributed by atoms with van der Waals surface area (Å²) >= 11 is 0. The molecular weight excluding hydrogens is 329 g/mol. The van der Waals surface area contributed by atoms with Crippen LogP contribution in [0.15, 0.2) is 30.3 Å². The third kappa shape index (κ3) is 5.56. The fourth-order valence-corrected chi connectivity index (χ4v) is 2.36. The molecular formula is C15H16BF4NO3. The summed E-state index contributed by atoms with van der Waals surface area (Å²) in [6, 6.07) is 8.65. The zero-order valence-corrected chi connectivity index (χ0v) is 13.2. The lowest BCUT2D eigenvalue weighted by molar-refractivity contribution is -0.609. The molecule has 0 saturated carbocycles. The van der Waals surface area contributed by atoms with Crippen molar-refractivity contribution in [3.63, 3.8) is 0 Å². The number of phenols is 1. The minimum Gasteiger partial charge on any atom is -0.507 e. The van der Waals surface area contributed by atoms with Crippen molar-refractivity contribution >= 4 is 13.2 Å². The van der Waals surface area contributed by atoms with E-state index in [0.29, 0.717) is 0 Å². The molecule has 0 saturated heterocycles. The molecule has 0 bridgehead atoms. The first kappa shape index (κ1) is 19.5. The molecule has 2 N–H and O–H groups in total. The number of hydrogen-bond acceptors (Lipinski definition) is 2. The molecule has 0 aliphatic rings. The number of carboxylic acids is 1. The average Bonchev–Trinajstić information content (AvgIpc) is 2.34. The number of benzene rings is 1. The number of aromatic carboxylic acids is 1. The van der Waals surface area contributed by atoms with Crippen LogP contribution in [0.4, 0.5) is 17.3 Å². The smallest absolute Gasteiger partial charge is 0.507 e. The van der Waals surface area contributed by atoms with Crippen LogP contribution in [0.25, 0.3) is 5.69 Å². The van der Waals surface area contributed by atoms with Crippen molar-refractivity contribution in [2.24, 2.45) is 0 Å². The van der Waals surface area contributed by atoms with Gasteiger partial charge in [-0.2, -0.15) is 4.57 Å². The van der Waals surface area contributed by atoms with Crippen LogP contribution < -0.4 is 4.57 Å². The molecule has 1 aromatic heterocycles. The molecule has 130 valence electrons. The molecule has 9 heteroatoms. The third-order valence-electron chi connectivity index (χ3n) is 3.05. The van der Waals surface area contributed by atoms with Gasteiger partial charge in [-0.25, -0.2) is 4.79 Å². The Bertz CT molecular complexity index is 734. The van der Waals surface area contributed by atoms with Gasteiger partial charge in [0.25, 0.3) is 0 Å². The maximum Gasteiger partial charge on any atom is 0.673 e. The van der Waals surface area contributed by atoms with Gasteiger partial charge >= 0.3 is 13.2 Å². The van der Waals surface area contributed by atoms with Crippen LogP contribution >= 0.6 is 0 Å². The summed E-state index contributed by atoms with van der Waals surface area (Å²) in [5.74, 6) is -1.36. The van der Waals surface area contributed by atoms with Crippen molar-refractivity contribution in [1.82, 2.24) is 0 Å². The number of hydrogen-bond donors (Lipinski definition) is 2. The fraction of sp³-hybridized carbons (Fsp3) is 0.200. The first-order valence-electron chi connectivity index (χ1n) is 6.84. The number of aromatic nitrogens is 1. The van der Waals surface area contributed by atoms with Gasteiger partial charge in [-0.05, 0) is 18.6 Å². The van der Waals surface area contributed by atoms with Gasteiger partial charge in [0.05, 0.1) is 6.07 Å². The highest BCUT2D eigenvalue weighted by atomic mass is 19.5. The lowest BCUT2D eigenvalue weighted by Gasteiger charge is -2.06. The topological polar surface area (TPSA) is 61.4 Å². The molecule has 0 fully saturated rings. The Morgan fingerprint density at radius 1 is 1.00 bits per heavy atom. The summed E-state index contributed by atoms with van der Waals surface area (Å²) in [7, 11) is -6.00. The number of halogens is 4. The van der Waals surface area contributed by atoms with Crippen molar-refractivity contribution in [3.05, 3.63) is 52.8 Å². The summed E-state index contributed by atoms with van der Waals surface area (Å²) < 4.78 is 41.0. The molecule has 0 aliphatic heterocycles. The van der Waals surface area contributed by atoms with E-state index in [2.05, 4.69) is 0 Å². The number of carboxylic acid groups (broad SMARTS) is 1. The van der Waals surface area contributed by atoms with Gasteiger partial charge in [0.15, 0.2) is 11.4 Å². The van der Waals surface area contributed by atoms with Gasteiger partial charge in [0.2, 0.25) is 5.69 Å². The summed E-state index contributed by atoms with van der Waals surface area (Å²) in [4.78, 5) is 10.9. The van der Waals surface area contributed by atoms with Gasteiger partial charge < -0.3 is 27.5 Å². The first-order chi connectivity index (χ1) is 10.9. The van der Waals surface area contributed by atoms with E-state index < -0.39 is 13.2 Å². The molecule has 2 aromatic rings. The van der Waals surface area contributed by atoms with Crippen molar-refractivity contribution < 1.29 is 36.8 Å². The quantitative estimate of drug-likeness (QED) is 0.497. The Morgan fingerprint density at radius 2 is 1.46 bits per heavy atom. The monoisotopic (exact) mass is 345 g/mol. The van der Waals surface area contributed by atoms with E-state index in [1.165, 1.54) is 12.1 Å². The predicted octanol–water partition coefficient (Wildman–Crippen LogP) is 3.59. The first-order valence-corrected chi connectivity index (χ1v) is 6.84. The zero-order valence-electron chi connectivity index (χ0n) is 13.2. The van der Waals surface area contributed by atoms with Crippen LogP contribution in [0.1, 0.15) is 27.3 Å². The maximum atomic E-state index is 10.9. The maximum absolute atomic E-state index is 10.9. The zero-order chi connectivity index (χ0) is 18.7. The second-order valence-corrected chi connectivity index (χ2v) is 5.15. The number of aryl methyl sites for hydroxylation is 3. The lowest BCUT2D eigenvalue weighted by atomic mass is 10.1. The van der Waals surface area contributed by atoms with E-state index in [4.69, 9.17) is 5.11 Å². The molecule has 1 aromatic carbocycles. The van der Waals surface area contributed by atoms with Crippen molar-refractivity contribution in [2.45, 2.75) is 20.8 Å². The Hall–Kier alpha value is -2.58. The van der Waals surface area contributed by atoms with E-state index in [-0.39, 0.29) is 11.3 Å².